The molecule has 1 saturated heterocycles. The topological polar surface area (TPSA) is 46.3 Å². The molecule has 1 amide bonds. The molecule has 0 saturated carbocycles. The van der Waals surface area contributed by atoms with Crippen molar-refractivity contribution >= 4 is 5.91 Å². The second kappa shape index (κ2) is 4.79. The smallest absolute Gasteiger partial charge is 0.223 e. The number of hydrogen-bond donors (Lipinski definition) is 1. The minimum Gasteiger partial charge on any atom is -0.342 e. The van der Waals surface area contributed by atoms with Crippen molar-refractivity contribution in [2.45, 2.75) is 25.7 Å². The van der Waals surface area contributed by atoms with E-state index in [2.05, 4.69) is 12.2 Å². The summed E-state index contributed by atoms with van der Waals surface area (Å²) < 4.78 is 0. The fourth-order valence-corrected chi connectivity index (χ4v) is 2.47. The Kier molecular flexibility index (Phi) is 3.41. The highest BCUT2D eigenvalue weighted by Crippen LogP contribution is 2.23. The zero-order valence-electron chi connectivity index (χ0n) is 9.19. The number of amides is 1. The zero-order chi connectivity index (χ0) is 10.7. The van der Waals surface area contributed by atoms with Crippen molar-refractivity contribution in [3.8, 4) is 0 Å². The third-order valence-electron chi connectivity index (χ3n) is 3.52. The van der Waals surface area contributed by atoms with Gasteiger partial charge in [-0.1, -0.05) is 12.2 Å². The SMILES string of the molecule is NCC1CCN(C(=O)CC2C=CCC2)C1. The first-order valence-electron chi connectivity index (χ1n) is 5.94. The van der Waals surface area contributed by atoms with Crippen molar-refractivity contribution in [1.82, 2.24) is 4.90 Å². The molecule has 2 unspecified atom stereocenters. The van der Waals surface area contributed by atoms with Crippen LogP contribution in [0.3, 0.4) is 0 Å². The number of allylic oxidation sites excluding steroid dienone is 2. The van der Waals surface area contributed by atoms with Crippen LogP contribution in [0, 0.1) is 11.8 Å². The number of rotatable bonds is 3. The monoisotopic (exact) mass is 208 g/mol. The van der Waals surface area contributed by atoms with Gasteiger partial charge in [-0.15, -0.1) is 0 Å². The van der Waals surface area contributed by atoms with Gasteiger partial charge in [-0.05, 0) is 37.6 Å². The van der Waals surface area contributed by atoms with Crippen LogP contribution in [0.15, 0.2) is 12.2 Å². The molecule has 2 rings (SSSR count). The average molecular weight is 208 g/mol. The molecular weight excluding hydrogens is 188 g/mol. The Morgan fingerprint density at radius 3 is 2.93 bits per heavy atom. The van der Waals surface area contributed by atoms with Crippen LogP contribution in [0.5, 0.6) is 0 Å². The van der Waals surface area contributed by atoms with Crippen LogP contribution in [0.1, 0.15) is 25.7 Å². The van der Waals surface area contributed by atoms with E-state index in [1.807, 2.05) is 4.90 Å². The summed E-state index contributed by atoms with van der Waals surface area (Å²) in [7, 11) is 0. The summed E-state index contributed by atoms with van der Waals surface area (Å²) in [6, 6.07) is 0. The van der Waals surface area contributed by atoms with Crippen LogP contribution in [0.4, 0.5) is 0 Å². The van der Waals surface area contributed by atoms with E-state index < -0.39 is 0 Å². The highest BCUT2D eigenvalue weighted by molar-refractivity contribution is 5.77. The van der Waals surface area contributed by atoms with E-state index in [-0.39, 0.29) is 0 Å². The first kappa shape index (κ1) is 10.7. The quantitative estimate of drug-likeness (QED) is 0.707. The van der Waals surface area contributed by atoms with Crippen molar-refractivity contribution in [3.05, 3.63) is 12.2 Å². The van der Waals surface area contributed by atoms with Crippen LogP contribution < -0.4 is 5.73 Å². The number of carbonyl (C=O) groups is 1. The van der Waals surface area contributed by atoms with Crippen molar-refractivity contribution in [3.63, 3.8) is 0 Å². The second-order valence-electron chi connectivity index (χ2n) is 4.70. The average Bonchev–Trinajstić information content (AvgIpc) is 2.86. The summed E-state index contributed by atoms with van der Waals surface area (Å²) in [4.78, 5) is 13.9. The lowest BCUT2D eigenvalue weighted by Crippen LogP contribution is -2.30. The molecule has 2 aliphatic rings. The van der Waals surface area contributed by atoms with Crippen LogP contribution in [-0.2, 0) is 4.79 Å². The Labute approximate surface area is 91.3 Å². The van der Waals surface area contributed by atoms with Gasteiger partial charge in [0.05, 0.1) is 0 Å². The maximum absolute atomic E-state index is 11.9. The second-order valence-corrected chi connectivity index (χ2v) is 4.70. The van der Waals surface area contributed by atoms with E-state index in [4.69, 9.17) is 5.73 Å². The maximum atomic E-state index is 11.9. The number of likely N-dealkylation sites (tertiary alicyclic amines) is 1. The number of nitrogens with zero attached hydrogens (tertiary/aromatic N) is 1. The lowest BCUT2D eigenvalue weighted by atomic mass is 10.0. The molecule has 0 radical (unpaired) electrons. The summed E-state index contributed by atoms with van der Waals surface area (Å²) in [6.07, 6.45) is 8.46. The van der Waals surface area contributed by atoms with E-state index in [9.17, 15) is 4.79 Å². The molecule has 0 bridgehead atoms. The van der Waals surface area contributed by atoms with Gasteiger partial charge in [0.1, 0.15) is 0 Å². The van der Waals surface area contributed by atoms with Gasteiger partial charge in [0.25, 0.3) is 0 Å². The van der Waals surface area contributed by atoms with Gasteiger partial charge in [-0.2, -0.15) is 0 Å². The Morgan fingerprint density at radius 2 is 2.33 bits per heavy atom. The molecule has 0 aromatic rings. The molecular formula is C12H20N2O. The predicted molar refractivity (Wildman–Crippen MR) is 60.2 cm³/mol. The first-order valence-corrected chi connectivity index (χ1v) is 5.94. The predicted octanol–water partition coefficient (Wildman–Crippen LogP) is 1.15. The minimum absolute atomic E-state index is 0.322. The van der Waals surface area contributed by atoms with Gasteiger partial charge in [-0.25, -0.2) is 0 Å². The maximum Gasteiger partial charge on any atom is 0.223 e. The number of hydrogen-bond acceptors (Lipinski definition) is 2. The van der Waals surface area contributed by atoms with Crippen molar-refractivity contribution < 1.29 is 4.79 Å². The largest absolute Gasteiger partial charge is 0.342 e. The van der Waals surface area contributed by atoms with Crippen LogP contribution in [-0.4, -0.2) is 30.4 Å². The van der Waals surface area contributed by atoms with E-state index in [0.29, 0.717) is 30.7 Å². The molecule has 84 valence electrons. The molecule has 1 aliphatic carbocycles. The summed E-state index contributed by atoms with van der Waals surface area (Å²) in [6.45, 7) is 2.51. The van der Waals surface area contributed by atoms with Gasteiger partial charge < -0.3 is 10.6 Å². The molecule has 1 fully saturated rings. The zero-order valence-corrected chi connectivity index (χ0v) is 9.19. The summed E-state index contributed by atoms with van der Waals surface area (Å²) >= 11 is 0. The molecule has 1 heterocycles. The highest BCUT2D eigenvalue weighted by atomic mass is 16.2. The van der Waals surface area contributed by atoms with E-state index in [1.54, 1.807) is 0 Å². The van der Waals surface area contributed by atoms with Crippen LogP contribution >= 0.6 is 0 Å². The third-order valence-corrected chi connectivity index (χ3v) is 3.52. The van der Waals surface area contributed by atoms with Gasteiger partial charge in [0, 0.05) is 19.5 Å². The molecule has 2 N–H and O–H groups in total. The molecule has 3 heteroatoms. The Bertz CT molecular complexity index is 262. The van der Waals surface area contributed by atoms with Crippen LogP contribution in [0.2, 0.25) is 0 Å². The molecule has 0 aromatic carbocycles. The van der Waals surface area contributed by atoms with Crippen molar-refractivity contribution in [1.29, 1.82) is 0 Å². The van der Waals surface area contributed by atoms with Crippen LogP contribution in [0.25, 0.3) is 0 Å². The minimum atomic E-state index is 0.322. The fraction of sp³-hybridized carbons (Fsp3) is 0.750. The van der Waals surface area contributed by atoms with E-state index >= 15 is 0 Å². The van der Waals surface area contributed by atoms with Crippen molar-refractivity contribution in [2.75, 3.05) is 19.6 Å². The lowest BCUT2D eigenvalue weighted by molar-refractivity contribution is -0.130. The molecule has 3 nitrogen and oxygen atoms in total. The molecule has 0 aromatic heterocycles. The van der Waals surface area contributed by atoms with E-state index in [1.165, 1.54) is 0 Å². The van der Waals surface area contributed by atoms with E-state index in [0.717, 1.165) is 32.4 Å². The molecule has 15 heavy (non-hydrogen) atoms. The molecule has 1 aliphatic heterocycles. The number of carbonyl (C=O) groups excluding carboxylic acids is 1. The van der Waals surface area contributed by atoms with Gasteiger partial charge in [0.2, 0.25) is 5.91 Å². The standard InChI is InChI=1S/C12H20N2O/c13-8-11-5-6-14(9-11)12(15)7-10-3-1-2-4-10/h1,3,10-11H,2,4-9,13H2. The van der Waals surface area contributed by atoms with Gasteiger partial charge in [0.15, 0.2) is 0 Å². The summed E-state index contributed by atoms with van der Waals surface area (Å²) in [5.74, 6) is 1.35. The Morgan fingerprint density at radius 1 is 1.47 bits per heavy atom. The summed E-state index contributed by atoms with van der Waals surface area (Å²) in [5.41, 5.74) is 5.61. The molecule has 2 atom stereocenters. The fourth-order valence-electron chi connectivity index (χ4n) is 2.47. The van der Waals surface area contributed by atoms with Crippen molar-refractivity contribution in [2.24, 2.45) is 17.6 Å². The summed E-state index contributed by atoms with van der Waals surface area (Å²) in [5, 5.41) is 0. The van der Waals surface area contributed by atoms with Gasteiger partial charge >= 0.3 is 0 Å². The Balaban J connectivity index is 1.78. The third kappa shape index (κ3) is 2.59. The lowest BCUT2D eigenvalue weighted by Gasteiger charge is -2.18. The highest BCUT2D eigenvalue weighted by Gasteiger charge is 2.26. The molecule has 0 spiro atoms. The van der Waals surface area contributed by atoms with Gasteiger partial charge in [-0.3, -0.25) is 4.79 Å². The normalized spacial score (nSPS) is 30.1. The number of nitrogens with two attached hydrogens (primary N) is 1. The first-order chi connectivity index (χ1) is 7.29. The Hall–Kier alpha value is -0.830.